The SMILES string of the molecule is CC1(C)c2ccccc2N(c2ccc3c(c2)C2(c4ccccc4Oc4ccccc42)c2ccccc2S3)c2ccccc21. The van der Waals surface area contributed by atoms with Crippen LogP contribution in [0.1, 0.15) is 47.2 Å². The van der Waals surface area contributed by atoms with Crippen molar-refractivity contribution >= 4 is 28.8 Å². The predicted octanol–water partition coefficient (Wildman–Crippen LogP) is 10.7. The lowest BCUT2D eigenvalue weighted by Gasteiger charge is -2.46. The molecule has 3 heteroatoms. The third-order valence-electron chi connectivity index (χ3n) is 9.57. The van der Waals surface area contributed by atoms with E-state index >= 15 is 0 Å². The van der Waals surface area contributed by atoms with Gasteiger partial charge in [0.25, 0.3) is 0 Å². The van der Waals surface area contributed by atoms with Crippen molar-refractivity contribution in [3.63, 3.8) is 0 Å². The fraction of sp³-hybridized carbons (Fsp3) is 0.100. The molecule has 0 unspecified atom stereocenters. The smallest absolute Gasteiger partial charge is 0.132 e. The van der Waals surface area contributed by atoms with E-state index in [0.717, 1.165) is 17.2 Å². The van der Waals surface area contributed by atoms with E-state index in [1.54, 1.807) is 0 Å². The Morgan fingerprint density at radius 1 is 0.488 bits per heavy atom. The van der Waals surface area contributed by atoms with Crippen LogP contribution in [0, 0.1) is 0 Å². The number of para-hydroxylation sites is 4. The van der Waals surface area contributed by atoms with Gasteiger partial charge >= 0.3 is 0 Å². The maximum Gasteiger partial charge on any atom is 0.132 e. The standard InChI is InChI=1S/C40H29NOS/c1-39(2)27-13-3-8-18-33(27)41(34-19-9-4-14-28(34)39)26-23-24-38-32(25-26)40(31-17-7-12-22-37(31)43-38)29-15-5-10-20-35(29)42-36-21-11-6-16-30(36)40/h3-25H,1-2H3. The van der Waals surface area contributed by atoms with Crippen LogP contribution < -0.4 is 9.64 Å². The van der Waals surface area contributed by atoms with Gasteiger partial charge in [-0.1, -0.05) is 117 Å². The summed E-state index contributed by atoms with van der Waals surface area (Å²) in [5.41, 5.74) is 10.6. The van der Waals surface area contributed by atoms with Gasteiger partial charge in [0.05, 0.1) is 16.8 Å². The second kappa shape index (κ2) is 8.89. The van der Waals surface area contributed by atoms with Crippen molar-refractivity contribution in [2.75, 3.05) is 4.90 Å². The minimum atomic E-state index is -0.521. The first kappa shape index (κ1) is 24.8. The molecule has 0 amide bonds. The minimum absolute atomic E-state index is 0.105. The lowest BCUT2D eigenvalue weighted by Crippen LogP contribution is -2.37. The molecule has 2 nitrogen and oxygen atoms in total. The van der Waals surface area contributed by atoms with Gasteiger partial charge in [-0.2, -0.15) is 0 Å². The molecular formula is C40H29NOS. The van der Waals surface area contributed by atoms with Crippen LogP contribution in [0.3, 0.4) is 0 Å². The van der Waals surface area contributed by atoms with E-state index in [1.807, 2.05) is 11.8 Å². The summed E-state index contributed by atoms with van der Waals surface area (Å²) in [4.78, 5) is 5.02. The van der Waals surface area contributed by atoms with E-state index < -0.39 is 5.41 Å². The first-order valence-corrected chi connectivity index (χ1v) is 15.7. The molecule has 3 aliphatic rings. The number of benzene rings is 6. The quantitative estimate of drug-likeness (QED) is 0.194. The molecule has 43 heavy (non-hydrogen) atoms. The fourth-order valence-corrected chi connectivity index (χ4v) is 8.86. The average molecular weight is 572 g/mol. The largest absolute Gasteiger partial charge is 0.457 e. The fourth-order valence-electron chi connectivity index (χ4n) is 7.69. The monoisotopic (exact) mass is 571 g/mol. The highest BCUT2D eigenvalue weighted by atomic mass is 32.2. The maximum absolute atomic E-state index is 6.58. The number of rotatable bonds is 1. The van der Waals surface area contributed by atoms with E-state index in [2.05, 4.69) is 158 Å². The molecule has 206 valence electrons. The first-order valence-electron chi connectivity index (χ1n) is 14.9. The van der Waals surface area contributed by atoms with Gasteiger partial charge in [0, 0.05) is 32.0 Å². The van der Waals surface area contributed by atoms with Gasteiger partial charge in [-0.25, -0.2) is 0 Å². The van der Waals surface area contributed by atoms with Crippen molar-refractivity contribution in [3.05, 3.63) is 173 Å². The molecule has 0 N–H and O–H groups in total. The topological polar surface area (TPSA) is 12.5 Å². The van der Waals surface area contributed by atoms with E-state index in [0.29, 0.717) is 0 Å². The summed E-state index contributed by atoms with van der Waals surface area (Å²) in [6, 6.07) is 50.9. The van der Waals surface area contributed by atoms with Gasteiger partial charge in [0.2, 0.25) is 0 Å². The van der Waals surface area contributed by atoms with Gasteiger partial charge < -0.3 is 9.64 Å². The summed E-state index contributed by atoms with van der Waals surface area (Å²) < 4.78 is 6.58. The molecule has 3 heterocycles. The van der Waals surface area contributed by atoms with Crippen LogP contribution in [-0.4, -0.2) is 0 Å². The zero-order chi connectivity index (χ0) is 28.8. The Hall–Kier alpha value is -4.73. The van der Waals surface area contributed by atoms with Gasteiger partial charge in [-0.3, -0.25) is 0 Å². The summed E-state index contributed by atoms with van der Waals surface area (Å²) in [6.45, 7) is 4.68. The zero-order valence-electron chi connectivity index (χ0n) is 24.0. The van der Waals surface area contributed by atoms with Crippen LogP contribution in [0.25, 0.3) is 0 Å². The summed E-state index contributed by atoms with van der Waals surface area (Å²) in [5, 5.41) is 0. The Bertz CT molecular complexity index is 1940. The van der Waals surface area contributed by atoms with E-state index in [-0.39, 0.29) is 5.41 Å². The van der Waals surface area contributed by atoms with Crippen molar-refractivity contribution in [3.8, 4) is 11.5 Å². The highest BCUT2D eigenvalue weighted by molar-refractivity contribution is 7.99. The Balaban J connectivity index is 1.38. The summed E-state index contributed by atoms with van der Waals surface area (Å²) in [7, 11) is 0. The number of nitrogens with zero attached hydrogens (tertiary/aromatic N) is 1. The lowest BCUT2D eigenvalue weighted by molar-refractivity contribution is 0.431. The molecule has 0 fully saturated rings. The molecule has 6 aromatic rings. The predicted molar refractivity (Wildman–Crippen MR) is 176 cm³/mol. The van der Waals surface area contributed by atoms with Gasteiger partial charge in [0.15, 0.2) is 0 Å². The molecule has 6 aromatic carbocycles. The third kappa shape index (κ3) is 3.26. The van der Waals surface area contributed by atoms with E-state index in [1.165, 1.54) is 54.5 Å². The van der Waals surface area contributed by atoms with Crippen LogP contribution in [0.5, 0.6) is 11.5 Å². The van der Waals surface area contributed by atoms with Crippen LogP contribution >= 0.6 is 11.8 Å². The number of hydrogen-bond acceptors (Lipinski definition) is 3. The molecule has 0 atom stereocenters. The third-order valence-corrected chi connectivity index (χ3v) is 10.7. The summed E-state index contributed by atoms with van der Waals surface area (Å²) in [6.07, 6.45) is 0. The second-order valence-corrected chi connectivity index (χ2v) is 13.2. The Kier molecular flexibility index (Phi) is 5.13. The summed E-state index contributed by atoms with van der Waals surface area (Å²) in [5.74, 6) is 1.82. The number of fused-ring (bicyclic) bond motifs is 10. The molecule has 0 radical (unpaired) electrons. The molecule has 0 aromatic heterocycles. The van der Waals surface area contributed by atoms with Crippen molar-refractivity contribution in [2.24, 2.45) is 0 Å². The molecule has 0 saturated carbocycles. The van der Waals surface area contributed by atoms with Crippen LogP contribution in [0.2, 0.25) is 0 Å². The summed E-state index contributed by atoms with van der Waals surface area (Å²) >= 11 is 1.87. The number of ether oxygens (including phenoxy) is 1. The molecule has 1 spiro atoms. The van der Waals surface area contributed by atoms with Gasteiger partial charge in [-0.15, -0.1) is 0 Å². The molecule has 9 rings (SSSR count). The average Bonchev–Trinajstić information content (AvgIpc) is 3.05. The van der Waals surface area contributed by atoms with Crippen molar-refractivity contribution in [1.29, 1.82) is 0 Å². The molecular weight excluding hydrogens is 543 g/mol. The van der Waals surface area contributed by atoms with E-state index in [4.69, 9.17) is 4.74 Å². The Labute approximate surface area is 256 Å². The molecule has 3 aliphatic heterocycles. The zero-order valence-corrected chi connectivity index (χ0v) is 24.9. The maximum atomic E-state index is 6.58. The van der Waals surface area contributed by atoms with Crippen LogP contribution in [-0.2, 0) is 10.8 Å². The first-order chi connectivity index (χ1) is 21.1. The lowest BCUT2D eigenvalue weighted by atomic mass is 9.63. The van der Waals surface area contributed by atoms with Crippen molar-refractivity contribution < 1.29 is 4.74 Å². The van der Waals surface area contributed by atoms with Crippen LogP contribution in [0.4, 0.5) is 17.1 Å². The molecule has 0 bridgehead atoms. The number of hydrogen-bond donors (Lipinski definition) is 0. The highest BCUT2D eigenvalue weighted by Gasteiger charge is 2.50. The van der Waals surface area contributed by atoms with Gasteiger partial charge in [0.1, 0.15) is 11.5 Å². The second-order valence-electron chi connectivity index (χ2n) is 12.1. The van der Waals surface area contributed by atoms with Gasteiger partial charge in [-0.05, 0) is 70.8 Å². The highest BCUT2D eigenvalue weighted by Crippen LogP contribution is 2.62. The number of anilines is 3. The van der Waals surface area contributed by atoms with E-state index in [9.17, 15) is 0 Å². The van der Waals surface area contributed by atoms with Crippen LogP contribution in [0.15, 0.2) is 149 Å². The Morgan fingerprint density at radius 2 is 0.977 bits per heavy atom. The molecule has 0 saturated heterocycles. The Morgan fingerprint density at radius 3 is 1.60 bits per heavy atom. The van der Waals surface area contributed by atoms with Crippen molar-refractivity contribution in [2.45, 2.75) is 34.5 Å². The normalized spacial score (nSPS) is 16.1. The minimum Gasteiger partial charge on any atom is -0.457 e. The van der Waals surface area contributed by atoms with Crippen molar-refractivity contribution in [1.82, 2.24) is 0 Å². The molecule has 0 aliphatic carbocycles.